The molecule has 1 saturated heterocycles. The van der Waals surface area contributed by atoms with Gasteiger partial charge in [0.1, 0.15) is 24.3 Å². The van der Waals surface area contributed by atoms with Gasteiger partial charge in [-0.15, -0.1) is 0 Å². The SMILES string of the molecule is Cn1ncc2c(=O)n(CC(=O)N3CCCCC3C(=O)Nc3ccc(Cl)c(Cl)c3)cnc21. The fraction of sp³-hybridized carbons (Fsp3) is 0.350. The molecule has 162 valence electrons. The number of hydrogen-bond acceptors (Lipinski definition) is 5. The van der Waals surface area contributed by atoms with E-state index < -0.39 is 6.04 Å². The number of piperidine rings is 1. The van der Waals surface area contributed by atoms with E-state index in [-0.39, 0.29) is 23.9 Å². The van der Waals surface area contributed by atoms with Gasteiger partial charge in [0.05, 0.1) is 16.2 Å². The molecular weight excluding hydrogens is 443 g/mol. The molecule has 2 amide bonds. The molecule has 1 unspecified atom stereocenters. The number of halogens is 2. The lowest BCUT2D eigenvalue weighted by Crippen LogP contribution is -2.51. The minimum absolute atomic E-state index is 0.201. The molecule has 3 heterocycles. The van der Waals surface area contributed by atoms with E-state index >= 15 is 0 Å². The first kappa shape index (κ1) is 21.3. The predicted molar refractivity (Wildman–Crippen MR) is 117 cm³/mol. The molecule has 0 bridgehead atoms. The number of amides is 2. The van der Waals surface area contributed by atoms with Crippen LogP contribution in [0.3, 0.4) is 0 Å². The molecule has 4 rings (SSSR count). The molecule has 1 aliphatic heterocycles. The summed E-state index contributed by atoms with van der Waals surface area (Å²) < 4.78 is 2.74. The number of anilines is 1. The highest BCUT2D eigenvalue weighted by molar-refractivity contribution is 6.42. The molecule has 0 saturated carbocycles. The predicted octanol–water partition coefficient (Wildman–Crippen LogP) is 2.46. The van der Waals surface area contributed by atoms with Crippen LogP contribution in [0.25, 0.3) is 11.0 Å². The van der Waals surface area contributed by atoms with Crippen molar-refractivity contribution in [3.05, 3.63) is 51.1 Å². The Morgan fingerprint density at radius 1 is 1.23 bits per heavy atom. The second-order valence-electron chi connectivity index (χ2n) is 7.40. The van der Waals surface area contributed by atoms with Gasteiger partial charge >= 0.3 is 0 Å². The van der Waals surface area contributed by atoms with Crippen molar-refractivity contribution in [3.8, 4) is 0 Å². The summed E-state index contributed by atoms with van der Waals surface area (Å²) in [6, 6.07) is 4.17. The Balaban J connectivity index is 1.52. The van der Waals surface area contributed by atoms with Crippen molar-refractivity contribution in [1.82, 2.24) is 24.2 Å². The summed E-state index contributed by atoms with van der Waals surface area (Å²) >= 11 is 11.9. The van der Waals surface area contributed by atoms with Gasteiger partial charge < -0.3 is 10.2 Å². The number of nitrogens with zero attached hydrogens (tertiary/aromatic N) is 5. The summed E-state index contributed by atoms with van der Waals surface area (Å²) in [7, 11) is 1.69. The van der Waals surface area contributed by atoms with Crippen LogP contribution in [-0.4, -0.2) is 48.6 Å². The summed E-state index contributed by atoms with van der Waals surface area (Å²) in [6.07, 6.45) is 4.91. The molecule has 0 radical (unpaired) electrons. The average Bonchev–Trinajstić information content (AvgIpc) is 3.14. The van der Waals surface area contributed by atoms with Crippen LogP contribution >= 0.6 is 23.2 Å². The second-order valence-corrected chi connectivity index (χ2v) is 8.21. The first-order valence-electron chi connectivity index (χ1n) is 9.77. The normalized spacial score (nSPS) is 16.5. The van der Waals surface area contributed by atoms with Crippen molar-refractivity contribution in [3.63, 3.8) is 0 Å². The van der Waals surface area contributed by atoms with Gasteiger partial charge in [-0.1, -0.05) is 23.2 Å². The van der Waals surface area contributed by atoms with E-state index in [2.05, 4.69) is 15.4 Å². The van der Waals surface area contributed by atoms with Crippen LogP contribution < -0.4 is 10.9 Å². The number of carbonyl (C=O) groups is 2. The zero-order chi connectivity index (χ0) is 22.1. The lowest BCUT2D eigenvalue weighted by Gasteiger charge is -2.34. The largest absolute Gasteiger partial charge is 0.329 e. The van der Waals surface area contributed by atoms with Crippen molar-refractivity contribution in [1.29, 1.82) is 0 Å². The number of aromatic nitrogens is 4. The summed E-state index contributed by atoms with van der Waals surface area (Å²) in [4.78, 5) is 44.3. The van der Waals surface area contributed by atoms with E-state index in [1.165, 1.54) is 26.7 Å². The van der Waals surface area contributed by atoms with Gasteiger partial charge in [0.2, 0.25) is 11.8 Å². The van der Waals surface area contributed by atoms with Crippen molar-refractivity contribution >= 4 is 51.7 Å². The molecule has 1 atom stereocenters. The number of carbonyl (C=O) groups excluding carboxylic acids is 2. The summed E-state index contributed by atoms with van der Waals surface area (Å²) in [5, 5.41) is 7.88. The smallest absolute Gasteiger partial charge is 0.264 e. The highest BCUT2D eigenvalue weighted by Crippen LogP contribution is 2.26. The van der Waals surface area contributed by atoms with Gasteiger partial charge in [-0.2, -0.15) is 5.10 Å². The Morgan fingerprint density at radius 2 is 2.03 bits per heavy atom. The Hall–Kier alpha value is -2.91. The van der Waals surface area contributed by atoms with Crippen molar-refractivity contribution in [2.75, 3.05) is 11.9 Å². The van der Waals surface area contributed by atoms with Crippen LogP contribution in [-0.2, 0) is 23.2 Å². The Kier molecular flexibility index (Phi) is 5.97. The molecule has 2 aromatic heterocycles. The number of benzene rings is 1. The third-order valence-corrected chi connectivity index (χ3v) is 6.08. The zero-order valence-electron chi connectivity index (χ0n) is 16.7. The maximum atomic E-state index is 13.0. The lowest BCUT2D eigenvalue weighted by molar-refractivity contribution is -0.140. The minimum Gasteiger partial charge on any atom is -0.329 e. The van der Waals surface area contributed by atoms with E-state index in [0.717, 1.165) is 12.8 Å². The van der Waals surface area contributed by atoms with Crippen molar-refractivity contribution in [2.45, 2.75) is 31.8 Å². The minimum atomic E-state index is -0.638. The van der Waals surface area contributed by atoms with Crippen LogP contribution in [0.5, 0.6) is 0 Å². The van der Waals surface area contributed by atoms with E-state index in [0.29, 0.717) is 39.7 Å². The molecule has 11 heteroatoms. The number of aryl methyl sites for hydroxylation is 1. The van der Waals surface area contributed by atoms with E-state index in [4.69, 9.17) is 23.2 Å². The van der Waals surface area contributed by atoms with Gasteiger partial charge in [-0.3, -0.25) is 23.6 Å². The number of fused-ring (bicyclic) bond motifs is 1. The maximum Gasteiger partial charge on any atom is 0.264 e. The fourth-order valence-corrected chi connectivity index (χ4v) is 4.02. The molecule has 0 aliphatic carbocycles. The van der Waals surface area contributed by atoms with Crippen LogP contribution in [0, 0.1) is 0 Å². The molecule has 3 aromatic rings. The first-order chi connectivity index (χ1) is 14.8. The highest BCUT2D eigenvalue weighted by atomic mass is 35.5. The number of likely N-dealkylation sites (tertiary alicyclic amines) is 1. The molecular formula is C20H20Cl2N6O3. The van der Waals surface area contributed by atoms with E-state index in [1.807, 2.05) is 0 Å². The van der Waals surface area contributed by atoms with E-state index in [1.54, 1.807) is 25.2 Å². The molecule has 1 aliphatic rings. The fourth-order valence-electron chi connectivity index (χ4n) is 3.72. The quantitative estimate of drug-likeness (QED) is 0.641. The third-order valence-electron chi connectivity index (χ3n) is 5.34. The maximum absolute atomic E-state index is 13.0. The molecule has 31 heavy (non-hydrogen) atoms. The Bertz CT molecular complexity index is 1220. The highest BCUT2D eigenvalue weighted by Gasteiger charge is 2.32. The van der Waals surface area contributed by atoms with Crippen molar-refractivity contribution in [2.24, 2.45) is 7.05 Å². The van der Waals surface area contributed by atoms with Crippen LogP contribution in [0.1, 0.15) is 19.3 Å². The number of nitrogens with one attached hydrogen (secondary N) is 1. The summed E-state index contributed by atoms with van der Waals surface area (Å²) in [6.45, 7) is 0.239. The van der Waals surface area contributed by atoms with Crippen molar-refractivity contribution < 1.29 is 9.59 Å². The average molecular weight is 463 g/mol. The Morgan fingerprint density at radius 3 is 2.81 bits per heavy atom. The number of hydrogen-bond donors (Lipinski definition) is 1. The summed E-state index contributed by atoms with van der Waals surface area (Å²) in [5.41, 5.74) is 0.602. The van der Waals surface area contributed by atoms with Gasteiger partial charge in [0.15, 0.2) is 5.65 Å². The monoisotopic (exact) mass is 462 g/mol. The van der Waals surface area contributed by atoms with Crippen LogP contribution in [0.15, 0.2) is 35.5 Å². The summed E-state index contributed by atoms with van der Waals surface area (Å²) in [5.74, 6) is -0.624. The standard InChI is InChI=1S/C20H20Cl2N6O3/c1-26-18-13(9-24-26)20(31)27(11-23-18)10-17(29)28-7-3-2-4-16(28)19(30)25-12-5-6-14(21)15(22)8-12/h5-6,8-9,11,16H,2-4,7,10H2,1H3,(H,25,30). The molecule has 1 N–H and O–H groups in total. The topological polar surface area (TPSA) is 102 Å². The van der Waals surface area contributed by atoms with Gasteiger partial charge in [-0.05, 0) is 37.5 Å². The number of rotatable bonds is 4. The van der Waals surface area contributed by atoms with Crippen LogP contribution in [0.4, 0.5) is 5.69 Å². The third kappa shape index (κ3) is 4.28. The van der Waals surface area contributed by atoms with Crippen LogP contribution in [0.2, 0.25) is 10.0 Å². The van der Waals surface area contributed by atoms with E-state index in [9.17, 15) is 14.4 Å². The van der Waals surface area contributed by atoms with Gasteiger partial charge in [0.25, 0.3) is 5.56 Å². The molecule has 1 aromatic carbocycles. The molecule has 1 fully saturated rings. The first-order valence-corrected chi connectivity index (χ1v) is 10.5. The molecule has 9 nitrogen and oxygen atoms in total. The molecule has 0 spiro atoms. The zero-order valence-corrected chi connectivity index (χ0v) is 18.2. The lowest BCUT2D eigenvalue weighted by atomic mass is 10.0. The van der Waals surface area contributed by atoms with Gasteiger partial charge in [-0.25, -0.2) is 4.98 Å². The Labute approximate surface area is 187 Å². The second kappa shape index (κ2) is 8.68. The van der Waals surface area contributed by atoms with Gasteiger partial charge in [0, 0.05) is 19.3 Å².